The lowest BCUT2D eigenvalue weighted by Gasteiger charge is -2.12. The molecule has 0 heterocycles. The molecule has 0 unspecified atom stereocenters. The van der Waals surface area contributed by atoms with Crippen molar-refractivity contribution in [2.24, 2.45) is 0 Å². The quantitative estimate of drug-likeness (QED) is 0.545. The fourth-order valence-corrected chi connectivity index (χ4v) is 2.82. The third kappa shape index (κ3) is 4.18. The summed E-state index contributed by atoms with van der Waals surface area (Å²) in [6, 6.07) is 18.0. The fourth-order valence-electron chi connectivity index (χ4n) is 2.52. The smallest absolute Gasteiger partial charge is 0.255 e. The van der Waals surface area contributed by atoms with Gasteiger partial charge in [-0.3, -0.25) is 4.79 Å². The summed E-state index contributed by atoms with van der Waals surface area (Å²) >= 11 is 11.8. The van der Waals surface area contributed by atoms with E-state index in [4.69, 9.17) is 27.9 Å². The van der Waals surface area contributed by atoms with E-state index in [1.54, 1.807) is 24.3 Å². The van der Waals surface area contributed by atoms with Gasteiger partial charge in [0.05, 0.1) is 10.0 Å². The molecule has 0 aromatic heterocycles. The van der Waals surface area contributed by atoms with Crippen LogP contribution in [0.1, 0.15) is 21.5 Å². The van der Waals surface area contributed by atoms with Crippen molar-refractivity contribution in [3.8, 4) is 11.5 Å². The van der Waals surface area contributed by atoms with Crippen molar-refractivity contribution in [3.05, 3.63) is 87.4 Å². The SMILES string of the molecule is Cc1cccc(C)c1Oc1ccc(NC(=O)c2ccc(Cl)c(Cl)c2)cc1. The van der Waals surface area contributed by atoms with E-state index in [1.807, 2.05) is 44.2 Å². The van der Waals surface area contributed by atoms with Crippen LogP contribution in [0.3, 0.4) is 0 Å². The first kappa shape index (κ1) is 18.3. The standard InChI is InChI=1S/C21H17Cl2NO2/c1-13-4-3-5-14(2)20(13)26-17-9-7-16(8-10-17)24-21(25)15-6-11-18(22)19(23)12-15/h3-12H,1-2H3,(H,24,25). The molecule has 0 aliphatic rings. The number of anilines is 1. The van der Waals surface area contributed by atoms with Crippen LogP contribution in [-0.4, -0.2) is 5.91 Å². The molecule has 0 atom stereocenters. The first-order chi connectivity index (χ1) is 12.4. The van der Waals surface area contributed by atoms with Gasteiger partial charge in [0.2, 0.25) is 0 Å². The van der Waals surface area contributed by atoms with Crippen molar-refractivity contribution in [2.75, 3.05) is 5.32 Å². The van der Waals surface area contributed by atoms with Gasteiger partial charge in [-0.05, 0) is 67.4 Å². The van der Waals surface area contributed by atoms with E-state index in [0.717, 1.165) is 16.9 Å². The molecule has 0 saturated carbocycles. The molecule has 3 nitrogen and oxygen atoms in total. The van der Waals surface area contributed by atoms with Gasteiger partial charge in [0, 0.05) is 11.3 Å². The van der Waals surface area contributed by atoms with Crippen LogP contribution in [0.4, 0.5) is 5.69 Å². The van der Waals surface area contributed by atoms with Crippen LogP contribution >= 0.6 is 23.2 Å². The minimum absolute atomic E-state index is 0.257. The number of ether oxygens (including phenoxy) is 1. The minimum atomic E-state index is -0.257. The van der Waals surface area contributed by atoms with Crippen LogP contribution in [0, 0.1) is 13.8 Å². The van der Waals surface area contributed by atoms with Gasteiger partial charge in [-0.15, -0.1) is 0 Å². The minimum Gasteiger partial charge on any atom is -0.457 e. The van der Waals surface area contributed by atoms with Gasteiger partial charge in [-0.1, -0.05) is 41.4 Å². The molecule has 1 N–H and O–H groups in total. The molecule has 0 saturated heterocycles. The lowest BCUT2D eigenvalue weighted by atomic mass is 10.1. The number of benzene rings is 3. The van der Waals surface area contributed by atoms with Gasteiger partial charge in [0.15, 0.2) is 0 Å². The Kier molecular flexibility index (Phi) is 5.50. The molecular formula is C21H17Cl2NO2. The first-order valence-electron chi connectivity index (χ1n) is 8.04. The van der Waals surface area contributed by atoms with Crippen LogP contribution in [0.2, 0.25) is 10.0 Å². The highest BCUT2D eigenvalue weighted by atomic mass is 35.5. The number of amides is 1. The molecule has 0 aliphatic heterocycles. The molecule has 3 aromatic carbocycles. The number of hydrogen-bond acceptors (Lipinski definition) is 2. The molecule has 26 heavy (non-hydrogen) atoms. The van der Waals surface area contributed by atoms with Crippen molar-refractivity contribution in [1.82, 2.24) is 0 Å². The van der Waals surface area contributed by atoms with E-state index in [2.05, 4.69) is 5.32 Å². The van der Waals surface area contributed by atoms with Crippen LogP contribution in [0.15, 0.2) is 60.7 Å². The lowest BCUT2D eigenvalue weighted by Crippen LogP contribution is -2.11. The number of rotatable bonds is 4. The molecule has 0 spiro atoms. The molecule has 0 radical (unpaired) electrons. The first-order valence-corrected chi connectivity index (χ1v) is 8.80. The van der Waals surface area contributed by atoms with Crippen LogP contribution in [0.5, 0.6) is 11.5 Å². The maximum atomic E-state index is 12.3. The highest BCUT2D eigenvalue weighted by Gasteiger charge is 2.09. The second-order valence-corrected chi connectivity index (χ2v) is 6.74. The molecule has 3 rings (SSSR count). The van der Waals surface area contributed by atoms with Gasteiger partial charge in [0.25, 0.3) is 5.91 Å². The van der Waals surface area contributed by atoms with Gasteiger partial charge in [-0.25, -0.2) is 0 Å². The summed E-state index contributed by atoms with van der Waals surface area (Å²) in [6.45, 7) is 4.02. The number of aryl methyl sites for hydroxylation is 2. The number of carbonyl (C=O) groups excluding carboxylic acids is 1. The van der Waals surface area contributed by atoms with E-state index in [0.29, 0.717) is 27.0 Å². The Morgan fingerprint density at radius 2 is 1.54 bits per heavy atom. The zero-order valence-corrected chi connectivity index (χ0v) is 15.9. The van der Waals surface area contributed by atoms with Crippen molar-refractivity contribution in [2.45, 2.75) is 13.8 Å². The summed E-state index contributed by atoms with van der Waals surface area (Å²) in [4.78, 5) is 12.3. The predicted molar refractivity (Wildman–Crippen MR) is 107 cm³/mol. The Morgan fingerprint density at radius 1 is 0.885 bits per heavy atom. The predicted octanol–water partition coefficient (Wildman–Crippen LogP) is 6.65. The van der Waals surface area contributed by atoms with Gasteiger partial charge in [-0.2, -0.15) is 0 Å². The number of para-hydroxylation sites is 1. The number of nitrogens with one attached hydrogen (secondary N) is 1. The molecule has 5 heteroatoms. The second kappa shape index (κ2) is 7.81. The van der Waals surface area contributed by atoms with Gasteiger partial charge >= 0.3 is 0 Å². The number of halogens is 2. The van der Waals surface area contributed by atoms with Crippen LogP contribution in [0.25, 0.3) is 0 Å². The van der Waals surface area contributed by atoms with Gasteiger partial charge in [0.1, 0.15) is 11.5 Å². The highest BCUT2D eigenvalue weighted by molar-refractivity contribution is 6.42. The molecule has 1 amide bonds. The number of hydrogen-bond donors (Lipinski definition) is 1. The number of carbonyl (C=O) groups is 1. The molecule has 0 fully saturated rings. The fraction of sp³-hybridized carbons (Fsp3) is 0.0952. The molecular weight excluding hydrogens is 369 g/mol. The van der Waals surface area contributed by atoms with Crippen molar-refractivity contribution < 1.29 is 9.53 Å². The van der Waals surface area contributed by atoms with Crippen molar-refractivity contribution in [3.63, 3.8) is 0 Å². The summed E-state index contributed by atoms with van der Waals surface area (Å²) in [7, 11) is 0. The molecule has 0 bridgehead atoms. The maximum Gasteiger partial charge on any atom is 0.255 e. The summed E-state index contributed by atoms with van der Waals surface area (Å²) in [5, 5.41) is 3.58. The average molecular weight is 386 g/mol. The van der Waals surface area contributed by atoms with E-state index in [-0.39, 0.29) is 5.91 Å². The normalized spacial score (nSPS) is 10.5. The average Bonchev–Trinajstić information content (AvgIpc) is 2.62. The zero-order chi connectivity index (χ0) is 18.7. The largest absolute Gasteiger partial charge is 0.457 e. The molecule has 0 aliphatic carbocycles. The van der Waals surface area contributed by atoms with E-state index < -0.39 is 0 Å². The summed E-state index contributed by atoms with van der Waals surface area (Å²) in [6.07, 6.45) is 0. The maximum absolute atomic E-state index is 12.3. The summed E-state index contributed by atoms with van der Waals surface area (Å²) in [5.74, 6) is 1.29. The van der Waals surface area contributed by atoms with Crippen LogP contribution in [-0.2, 0) is 0 Å². The Morgan fingerprint density at radius 3 is 2.15 bits per heavy atom. The monoisotopic (exact) mass is 385 g/mol. The Bertz CT molecular complexity index is 932. The summed E-state index contributed by atoms with van der Waals surface area (Å²) in [5.41, 5.74) is 3.24. The van der Waals surface area contributed by atoms with Crippen molar-refractivity contribution >= 4 is 34.8 Å². The third-order valence-corrected chi connectivity index (χ3v) is 4.66. The zero-order valence-electron chi connectivity index (χ0n) is 14.3. The topological polar surface area (TPSA) is 38.3 Å². The Hall–Kier alpha value is -2.49. The Balaban J connectivity index is 1.71. The second-order valence-electron chi connectivity index (χ2n) is 5.93. The highest BCUT2D eigenvalue weighted by Crippen LogP contribution is 2.29. The van der Waals surface area contributed by atoms with E-state index >= 15 is 0 Å². The lowest BCUT2D eigenvalue weighted by molar-refractivity contribution is 0.102. The van der Waals surface area contributed by atoms with Gasteiger partial charge < -0.3 is 10.1 Å². The Labute approximate surface area is 162 Å². The summed E-state index contributed by atoms with van der Waals surface area (Å²) < 4.78 is 5.97. The van der Waals surface area contributed by atoms with E-state index in [9.17, 15) is 4.79 Å². The third-order valence-electron chi connectivity index (χ3n) is 3.92. The molecule has 3 aromatic rings. The van der Waals surface area contributed by atoms with E-state index in [1.165, 1.54) is 6.07 Å². The van der Waals surface area contributed by atoms with Crippen LogP contribution < -0.4 is 10.1 Å². The molecule has 132 valence electrons. The van der Waals surface area contributed by atoms with Crippen molar-refractivity contribution in [1.29, 1.82) is 0 Å².